The number of aryl methyl sites for hydroxylation is 1. The molecule has 0 aliphatic carbocycles. The summed E-state index contributed by atoms with van der Waals surface area (Å²) < 4.78 is 1.68. The fourth-order valence-electron chi connectivity index (χ4n) is 3.77. The lowest BCUT2D eigenvalue weighted by atomic mass is 10.0. The van der Waals surface area contributed by atoms with Crippen LogP contribution in [0.1, 0.15) is 17.2 Å². The Morgan fingerprint density at radius 3 is 2.54 bits per heavy atom. The van der Waals surface area contributed by atoms with Gasteiger partial charge in [0.1, 0.15) is 0 Å². The number of hydrogen-bond donors (Lipinski definition) is 0. The van der Waals surface area contributed by atoms with Crippen molar-refractivity contribution in [3.63, 3.8) is 0 Å². The Bertz CT molecular complexity index is 1000. The molecule has 1 saturated heterocycles. The predicted molar refractivity (Wildman–Crippen MR) is 110 cm³/mol. The first-order valence-electron chi connectivity index (χ1n) is 9.43. The van der Waals surface area contributed by atoms with Crippen LogP contribution in [-0.4, -0.2) is 41.4 Å². The standard InChI is InChI=1S/C22H24N4O2/c1-17-8-6-7-11-19(17)25-13-12-23-21(22(25)27)24-14-15-26(28-2)20(16-24)18-9-4-3-5-10-18/h3-13,20H,14-16H2,1-2H3. The summed E-state index contributed by atoms with van der Waals surface area (Å²) in [7, 11) is 1.69. The molecule has 6 nitrogen and oxygen atoms in total. The van der Waals surface area contributed by atoms with E-state index in [2.05, 4.69) is 22.0 Å². The normalized spacial score (nSPS) is 17.6. The molecule has 0 spiro atoms. The van der Waals surface area contributed by atoms with E-state index < -0.39 is 0 Å². The number of benzene rings is 2. The van der Waals surface area contributed by atoms with Gasteiger partial charge in [-0.2, -0.15) is 5.06 Å². The van der Waals surface area contributed by atoms with E-state index in [0.29, 0.717) is 25.5 Å². The maximum Gasteiger partial charge on any atom is 0.298 e. The number of piperazine rings is 1. The Kier molecular flexibility index (Phi) is 5.23. The highest BCUT2D eigenvalue weighted by Gasteiger charge is 2.30. The Hall–Kier alpha value is -2.96. The molecule has 28 heavy (non-hydrogen) atoms. The molecule has 1 aliphatic rings. The van der Waals surface area contributed by atoms with E-state index in [0.717, 1.165) is 16.8 Å². The summed E-state index contributed by atoms with van der Waals surface area (Å²) in [5.74, 6) is 0.474. The summed E-state index contributed by atoms with van der Waals surface area (Å²) in [4.78, 5) is 25.3. The third kappa shape index (κ3) is 3.44. The molecule has 2 aromatic carbocycles. The maximum atomic E-state index is 13.2. The van der Waals surface area contributed by atoms with Crippen molar-refractivity contribution >= 4 is 5.82 Å². The molecule has 0 amide bonds. The molecule has 2 heterocycles. The Balaban J connectivity index is 1.69. The highest BCUT2D eigenvalue weighted by atomic mass is 16.7. The quantitative estimate of drug-likeness (QED) is 0.701. The SMILES string of the molecule is CON1CCN(c2nccn(-c3ccccc3C)c2=O)CC1c1ccccc1. The molecule has 0 bridgehead atoms. The van der Waals surface area contributed by atoms with E-state index in [1.54, 1.807) is 24.1 Å². The van der Waals surface area contributed by atoms with Crippen LogP contribution in [0.2, 0.25) is 0 Å². The average molecular weight is 376 g/mol. The molecule has 0 saturated carbocycles. The van der Waals surface area contributed by atoms with Crippen LogP contribution in [0.4, 0.5) is 5.82 Å². The second kappa shape index (κ2) is 7.96. The molecule has 1 aliphatic heterocycles. The Labute approximate surface area is 164 Å². The van der Waals surface area contributed by atoms with Gasteiger partial charge in [0.15, 0.2) is 5.82 Å². The van der Waals surface area contributed by atoms with E-state index in [9.17, 15) is 4.79 Å². The van der Waals surface area contributed by atoms with Crippen LogP contribution < -0.4 is 10.5 Å². The minimum Gasteiger partial charge on any atom is -0.349 e. The topological polar surface area (TPSA) is 50.6 Å². The second-order valence-corrected chi connectivity index (χ2v) is 6.91. The van der Waals surface area contributed by atoms with Crippen LogP contribution in [0.25, 0.3) is 5.69 Å². The number of aromatic nitrogens is 2. The van der Waals surface area contributed by atoms with Gasteiger partial charge in [0.05, 0.1) is 18.8 Å². The van der Waals surface area contributed by atoms with Gasteiger partial charge in [-0.25, -0.2) is 4.98 Å². The number of hydrogen-bond acceptors (Lipinski definition) is 5. The van der Waals surface area contributed by atoms with Crippen LogP contribution in [0.15, 0.2) is 71.8 Å². The smallest absolute Gasteiger partial charge is 0.298 e. The monoisotopic (exact) mass is 376 g/mol. The van der Waals surface area contributed by atoms with E-state index in [4.69, 9.17) is 4.84 Å². The van der Waals surface area contributed by atoms with E-state index in [1.807, 2.05) is 54.5 Å². The van der Waals surface area contributed by atoms with Crippen molar-refractivity contribution in [2.24, 2.45) is 0 Å². The van der Waals surface area contributed by atoms with Gasteiger partial charge >= 0.3 is 0 Å². The van der Waals surface area contributed by atoms with Crippen molar-refractivity contribution in [2.75, 3.05) is 31.6 Å². The number of para-hydroxylation sites is 1. The van der Waals surface area contributed by atoms with Gasteiger partial charge in [-0.3, -0.25) is 9.36 Å². The van der Waals surface area contributed by atoms with Crippen molar-refractivity contribution in [1.29, 1.82) is 0 Å². The summed E-state index contributed by atoms with van der Waals surface area (Å²) >= 11 is 0. The van der Waals surface area contributed by atoms with E-state index in [-0.39, 0.29) is 11.6 Å². The lowest BCUT2D eigenvalue weighted by Crippen LogP contribution is -2.50. The molecule has 3 aromatic rings. The summed E-state index contributed by atoms with van der Waals surface area (Å²) in [6.45, 7) is 4.01. The summed E-state index contributed by atoms with van der Waals surface area (Å²) in [6.07, 6.45) is 3.43. The molecule has 0 radical (unpaired) electrons. The van der Waals surface area contributed by atoms with Gasteiger partial charge in [-0.15, -0.1) is 0 Å². The fraction of sp³-hybridized carbons (Fsp3) is 0.273. The van der Waals surface area contributed by atoms with Crippen molar-refractivity contribution in [3.8, 4) is 5.69 Å². The second-order valence-electron chi connectivity index (χ2n) is 6.91. The Morgan fingerprint density at radius 2 is 1.79 bits per heavy atom. The van der Waals surface area contributed by atoms with Crippen molar-refractivity contribution < 1.29 is 4.84 Å². The van der Waals surface area contributed by atoms with Crippen molar-refractivity contribution in [3.05, 3.63) is 88.5 Å². The first-order valence-corrected chi connectivity index (χ1v) is 9.43. The number of rotatable bonds is 4. The molecule has 6 heteroatoms. The highest BCUT2D eigenvalue weighted by Crippen LogP contribution is 2.26. The molecule has 1 fully saturated rings. The largest absolute Gasteiger partial charge is 0.349 e. The van der Waals surface area contributed by atoms with Crippen LogP contribution in [0.5, 0.6) is 0 Å². The highest BCUT2D eigenvalue weighted by molar-refractivity contribution is 5.45. The van der Waals surface area contributed by atoms with Gasteiger partial charge in [-0.1, -0.05) is 48.5 Å². The molecule has 1 unspecified atom stereocenters. The minimum atomic E-state index is -0.102. The first-order chi connectivity index (χ1) is 13.7. The minimum absolute atomic E-state index is 0.0354. The zero-order valence-electron chi connectivity index (χ0n) is 16.2. The molecule has 1 atom stereocenters. The number of nitrogens with zero attached hydrogens (tertiary/aromatic N) is 4. The van der Waals surface area contributed by atoms with Gasteiger partial charge in [0.25, 0.3) is 5.56 Å². The van der Waals surface area contributed by atoms with Gasteiger partial charge < -0.3 is 9.74 Å². The van der Waals surface area contributed by atoms with Crippen LogP contribution >= 0.6 is 0 Å². The molecule has 144 valence electrons. The zero-order chi connectivity index (χ0) is 19.5. The molecule has 4 rings (SSSR count). The van der Waals surface area contributed by atoms with Gasteiger partial charge in [-0.05, 0) is 24.1 Å². The third-order valence-electron chi connectivity index (χ3n) is 5.25. The first kappa shape index (κ1) is 18.4. The summed E-state index contributed by atoms with van der Waals surface area (Å²) in [5, 5.41) is 1.97. The van der Waals surface area contributed by atoms with Gasteiger partial charge in [0, 0.05) is 32.0 Å². The lowest BCUT2D eigenvalue weighted by Gasteiger charge is -2.40. The van der Waals surface area contributed by atoms with Gasteiger partial charge in [0.2, 0.25) is 0 Å². The summed E-state index contributed by atoms with van der Waals surface area (Å²) in [6, 6.07) is 18.1. The predicted octanol–water partition coefficient (Wildman–Crippen LogP) is 2.97. The Morgan fingerprint density at radius 1 is 1.04 bits per heavy atom. The number of anilines is 1. The molecular formula is C22H24N4O2. The molecular weight excluding hydrogens is 352 g/mol. The third-order valence-corrected chi connectivity index (χ3v) is 5.25. The van der Waals surface area contributed by atoms with E-state index >= 15 is 0 Å². The van der Waals surface area contributed by atoms with Crippen molar-refractivity contribution in [2.45, 2.75) is 13.0 Å². The molecule has 0 N–H and O–H groups in total. The fourth-order valence-corrected chi connectivity index (χ4v) is 3.77. The van der Waals surface area contributed by atoms with E-state index in [1.165, 1.54) is 0 Å². The molecule has 1 aromatic heterocycles. The summed E-state index contributed by atoms with van der Waals surface area (Å²) in [5.41, 5.74) is 2.98. The van der Waals surface area contributed by atoms with Crippen LogP contribution in [0, 0.1) is 6.92 Å². The van der Waals surface area contributed by atoms with Crippen molar-refractivity contribution in [1.82, 2.24) is 14.6 Å². The zero-order valence-corrected chi connectivity index (χ0v) is 16.2. The average Bonchev–Trinajstić information content (AvgIpc) is 2.75. The maximum absolute atomic E-state index is 13.2. The lowest BCUT2D eigenvalue weighted by molar-refractivity contribution is -0.167. The van der Waals surface area contributed by atoms with Crippen LogP contribution in [0.3, 0.4) is 0 Å². The number of hydroxylamine groups is 2. The van der Waals surface area contributed by atoms with Crippen LogP contribution in [-0.2, 0) is 4.84 Å².